The second-order valence-corrected chi connectivity index (χ2v) is 7.04. The molecule has 0 fully saturated rings. The highest BCUT2D eigenvalue weighted by molar-refractivity contribution is 7.92. The monoisotopic (exact) mass is 364 g/mol. The Morgan fingerprint density at radius 1 is 1.08 bits per heavy atom. The number of benzene rings is 2. The van der Waals surface area contributed by atoms with Crippen LogP contribution in [0.3, 0.4) is 0 Å². The molecule has 8 heteroatoms. The number of methoxy groups -OCH3 is 1. The molecule has 2 aromatic rings. The molecule has 134 valence electrons. The van der Waals surface area contributed by atoms with Crippen molar-refractivity contribution in [2.75, 3.05) is 32.5 Å². The van der Waals surface area contributed by atoms with E-state index in [0.717, 1.165) is 0 Å². The molecule has 0 heterocycles. The molecule has 0 aliphatic rings. The van der Waals surface area contributed by atoms with Gasteiger partial charge in [0, 0.05) is 14.1 Å². The van der Waals surface area contributed by atoms with E-state index in [0.29, 0.717) is 17.2 Å². The average molecular weight is 364 g/mol. The van der Waals surface area contributed by atoms with Crippen LogP contribution in [-0.4, -0.2) is 47.0 Å². The normalized spacial score (nSPS) is 10.8. The molecule has 1 amide bonds. The second-order valence-electron chi connectivity index (χ2n) is 5.35. The number of rotatable bonds is 7. The Hall–Kier alpha value is -2.74. The SMILES string of the molecule is COc1ccccc1NS(=O)(=O)c1ccc(OCC(=O)N(C)C)cc1. The highest BCUT2D eigenvalue weighted by Crippen LogP contribution is 2.26. The Kier molecular flexibility index (Phi) is 5.87. The van der Waals surface area contributed by atoms with Crippen LogP contribution in [0.4, 0.5) is 5.69 Å². The molecule has 0 spiro atoms. The van der Waals surface area contributed by atoms with Gasteiger partial charge in [0.15, 0.2) is 6.61 Å². The topological polar surface area (TPSA) is 84.9 Å². The van der Waals surface area contributed by atoms with Gasteiger partial charge in [-0.1, -0.05) is 12.1 Å². The highest BCUT2D eigenvalue weighted by atomic mass is 32.2. The van der Waals surface area contributed by atoms with Gasteiger partial charge in [0.05, 0.1) is 17.7 Å². The number of likely N-dealkylation sites (N-methyl/N-ethyl adjacent to an activating group) is 1. The predicted molar refractivity (Wildman–Crippen MR) is 94.4 cm³/mol. The van der Waals surface area contributed by atoms with E-state index in [2.05, 4.69) is 4.72 Å². The smallest absolute Gasteiger partial charge is 0.262 e. The van der Waals surface area contributed by atoms with Gasteiger partial charge in [0.1, 0.15) is 11.5 Å². The van der Waals surface area contributed by atoms with Gasteiger partial charge in [-0.15, -0.1) is 0 Å². The molecule has 7 nitrogen and oxygen atoms in total. The Bertz CT molecular complexity index is 832. The summed E-state index contributed by atoms with van der Waals surface area (Å²) in [5.74, 6) is 0.647. The molecule has 2 rings (SSSR count). The maximum Gasteiger partial charge on any atom is 0.262 e. The van der Waals surface area contributed by atoms with Crippen molar-refractivity contribution in [2.24, 2.45) is 0 Å². The minimum Gasteiger partial charge on any atom is -0.495 e. The van der Waals surface area contributed by atoms with E-state index < -0.39 is 10.0 Å². The second kappa shape index (κ2) is 7.89. The number of ether oxygens (including phenoxy) is 2. The number of amides is 1. The van der Waals surface area contributed by atoms with Crippen molar-refractivity contribution in [1.82, 2.24) is 4.90 Å². The number of hydrogen-bond donors (Lipinski definition) is 1. The molecular weight excluding hydrogens is 344 g/mol. The van der Waals surface area contributed by atoms with Crippen molar-refractivity contribution < 1.29 is 22.7 Å². The molecule has 0 aliphatic carbocycles. The Balaban J connectivity index is 2.11. The number of nitrogens with one attached hydrogen (secondary N) is 1. The summed E-state index contributed by atoms with van der Waals surface area (Å²) in [7, 11) is 0.958. The number of carbonyl (C=O) groups is 1. The number of anilines is 1. The molecule has 0 unspecified atom stereocenters. The van der Waals surface area contributed by atoms with E-state index >= 15 is 0 Å². The van der Waals surface area contributed by atoms with Crippen molar-refractivity contribution in [1.29, 1.82) is 0 Å². The van der Waals surface area contributed by atoms with Crippen molar-refractivity contribution in [3.8, 4) is 11.5 Å². The first-order valence-electron chi connectivity index (χ1n) is 7.42. The zero-order valence-electron chi connectivity index (χ0n) is 14.2. The molecule has 0 bridgehead atoms. The van der Waals surface area contributed by atoms with Crippen molar-refractivity contribution in [3.05, 3.63) is 48.5 Å². The molecule has 0 saturated carbocycles. The number of nitrogens with zero attached hydrogens (tertiary/aromatic N) is 1. The van der Waals surface area contributed by atoms with Crippen LogP contribution in [-0.2, 0) is 14.8 Å². The summed E-state index contributed by atoms with van der Waals surface area (Å²) < 4.78 is 37.9. The van der Waals surface area contributed by atoms with Gasteiger partial charge in [-0.3, -0.25) is 9.52 Å². The summed E-state index contributed by atoms with van der Waals surface area (Å²) in [5.41, 5.74) is 0.349. The molecular formula is C17H20N2O5S. The molecule has 1 N–H and O–H groups in total. The summed E-state index contributed by atoms with van der Waals surface area (Å²) in [6.45, 7) is -0.113. The third-order valence-corrected chi connectivity index (χ3v) is 4.73. The van der Waals surface area contributed by atoms with Gasteiger partial charge < -0.3 is 14.4 Å². The molecule has 0 saturated heterocycles. The van der Waals surface area contributed by atoms with Crippen molar-refractivity contribution >= 4 is 21.6 Å². The van der Waals surface area contributed by atoms with Gasteiger partial charge in [0.2, 0.25) is 0 Å². The van der Waals surface area contributed by atoms with Crippen LogP contribution in [0, 0.1) is 0 Å². The van der Waals surface area contributed by atoms with Crippen LogP contribution in [0.25, 0.3) is 0 Å². The van der Waals surface area contributed by atoms with Gasteiger partial charge in [0.25, 0.3) is 15.9 Å². The molecule has 25 heavy (non-hydrogen) atoms. The first-order chi connectivity index (χ1) is 11.8. The first-order valence-corrected chi connectivity index (χ1v) is 8.90. The van der Waals surface area contributed by atoms with E-state index in [1.54, 1.807) is 38.4 Å². The van der Waals surface area contributed by atoms with Crippen LogP contribution in [0.5, 0.6) is 11.5 Å². The number of carbonyl (C=O) groups excluding carboxylic acids is 1. The standard InChI is InChI=1S/C17H20N2O5S/c1-19(2)17(20)12-24-13-8-10-14(11-9-13)25(21,22)18-15-6-4-5-7-16(15)23-3/h4-11,18H,12H2,1-3H3. The van der Waals surface area contributed by atoms with Gasteiger partial charge in [-0.05, 0) is 36.4 Å². The lowest BCUT2D eigenvalue weighted by Gasteiger charge is -2.13. The molecule has 0 aliphatic heterocycles. The Morgan fingerprint density at radius 3 is 2.32 bits per heavy atom. The molecule has 0 atom stereocenters. The van der Waals surface area contributed by atoms with Crippen LogP contribution < -0.4 is 14.2 Å². The quantitative estimate of drug-likeness (QED) is 0.812. The lowest BCUT2D eigenvalue weighted by atomic mass is 10.3. The van der Waals surface area contributed by atoms with Crippen LogP contribution in [0.2, 0.25) is 0 Å². The van der Waals surface area contributed by atoms with Crippen LogP contribution >= 0.6 is 0 Å². The largest absolute Gasteiger partial charge is 0.495 e. The summed E-state index contributed by atoms with van der Waals surface area (Å²) in [6, 6.07) is 12.5. The summed E-state index contributed by atoms with van der Waals surface area (Å²) in [4.78, 5) is 13.0. The lowest BCUT2D eigenvalue weighted by molar-refractivity contribution is -0.130. The lowest BCUT2D eigenvalue weighted by Crippen LogP contribution is -2.27. The van der Waals surface area contributed by atoms with Gasteiger partial charge >= 0.3 is 0 Å². The van der Waals surface area contributed by atoms with Gasteiger partial charge in [-0.25, -0.2) is 8.42 Å². The van der Waals surface area contributed by atoms with Crippen molar-refractivity contribution in [2.45, 2.75) is 4.90 Å². The summed E-state index contributed by atoms with van der Waals surface area (Å²) in [6.07, 6.45) is 0. The van der Waals surface area contributed by atoms with E-state index in [1.807, 2.05) is 0 Å². The maximum atomic E-state index is 12.5. The van der Waals surface area contributed by atoms with E-state index in [-0.39, 0.29) is 17.4 Å². The Labute approximate surface area is 147 Å². The minimum atomic E-state index is -3.77. The summed E-state index contributed by atoms with van der Waals surface area (Å²) in [5, 5.41) is 0. The van der Waals surface area contributed by atoms with Crippen LogP contribution in [0.15, 0.2) is 53.4 Å². The van der Waals surface area contributed by atoms with Crippen molar-refractivity contribution in [3.63, 3.8) is 0 Å². The fourth-order valence-corrected chi connectivity index (χ4v) is 2.99. The fraction of sp³-hybridized carbons (Fsp3) is 0.235. The molecule has 0 radical (unpaired) electrons. The third-order valence-electron chi connectivity index (χ3n) is 3.35. The number of hydrogen-bond acceptors (Lipinski definition) is 5. The average Bonchev–Trinajstić information content (AvgIpc) is 2.60. The third kappa shape index (κ3) is 4.87. The summed E-state index contributed by atoms with van der Waals surface area (Å²) >= 11 is 0. The highest BCUT2D eigenvalue weighted by Gasteiger charge is 2.16. The van der Waals surface area contributed by atoms with E-state index in [4.69, 9.17) is 9.47 Å². The fourth-order valence-electron chi connectivity index (χ4n) is 1.92. The Morgan fingerprint density at radius 2 is 1.72 bits per heavy atom. The van der Waals surface area contributed by atoms with E-state index in [9.17, 15) is 13.2 Å². The number of sulfonamides is 1. The van der Waals surface area contributed by atoms with E-state index in [1.165, 1.54) is 36.3 Å². The zero-order chi connectivity index (χ0) is 18.4. The molecule has 2 aromatic carbocycles. The maximum absolute atomic E-state index is 12.5. The first kappa shape index (κ1) is 18.6. The zero-order valence-corrected chi connectivity index (χ0v) is 15.0. The predicted octanol–water partition coefficient (Wildman–Crippen LogP) is 1.96. The minimum absolute atomic E-state index is 0.0738. The van der Waals surface area contributed by atoms with Crippen LogP contribution in [0.1, 0.15) is 0 Å². The number of para-hydroxylation sites is 2. The van der Waals surface area contributed by atoms with Gasteiger partial charge in [-0.2, -0.15) is 0 Å². The molecule has 0 aromatic heterocycles.